The molecule has 0 atom stereocenters. The highest BCUT2D eigenvalue weighted by atomic mass is 35.5. The van der Waals surface area contributed by atoms with E-state index in [-0.39, 0.29) is 5.91 Å². The van der Waals surface area contributed by atoms with E-state index >= 15 is 0 Å². The summed E-state index contributed by atoms with van der Waals surface area (Å²) in [4.78, 5) is 16.2. The number of halogens is 1. The number of hydrogen-bond donors (Lipinski definition) is 0. The topological polar surface area (TPSA) is 62.5 Å². The molecule has 21 heavy (non-hydrogen) atoms. The molecule has 1 saturated heterocycles. The van der Waals surface area contributed by atoms with E-state index in [1.807, 2.05) is 17.0 Å². The standard InChI is InChI=1S/C14H15ClN4O2/c1-10-16-17-14(21-10)19-8-6-18(7-9-19)13(20)11-4-2-3-5-12(11)15/h2-5H,6-9H2,1H3. The van der Waals surface area contributed by atoms with Crippen molar-refractivity contribution in [3.8, 4) is 0 Å². The van der Waals surface area contributed by atoms with Crippen LogP contribution >= 0.6 is 11.6 Å². The van der Waals surface area contributed by atoms with Crippen LogP contribution in [0.5, 0.6) is 0 Å². The van der Waals surface area contributed by atoms with Gasteiger partial charge in [-0.05, 0) is 12.1 Å². The SMILES string of the molecule is Cc1nnc(N2CCN(C(=O)c3ccccc3Cl)CC2)o1. The Labute approximate surface area is 127 Å². The van der Waals surface area contributed by atoms with Crippen LogP contribution in [0.15, 0.2) is 28.7 Å². The Morgan fingerprint density at radius 2 is 1.90 bits per heavy atom. The Morgan fingerprint density at radius 3 is 2.52 bits per heavy atom. The second-order valence-electron chi connectivity index (χ2n) is 4.86. The number of anilines is 1. The summed E-state index contributed by atoms with van der Waals surface area (Å²) in [6, 6.07) is 7.62. The summed E-state index contributed by atoms with van der Waals surface area (Å²) >= 11 is 6.07. The van der Waals surface area contributed by atoms with Crippen LogP contribution in [0.25, 0.3) is 0 Å². The Balaban J connectivity index is 1.66. The van der Waals surface area contributed by atoms with Gasteiger partial charge in [-0.3, -0.25) is 4.79 Å². The molecule has 110 valence electrons. The third-order valence-electron chi connectivity index (χ3n) is 3.46. The predicted octanol–water partition coefficient (Wildman–Crippen LogP) is 1.99. The lowest BCUT2D eigenvalue weighted by Crippen LogP contribution is -2.49. The van der Waals surface area contributed by atoms with Crippen molar-refractivity contribution < 1.29 is 9.21 Å². The second-order valence-corrected chi connectivity index (χ2v) is 5.27. The Kier molecular flexibility index (Phi) is 3.79. The maximum atomic E-state index is 12.4. The summed E-state index contributed by atoms with van der Waals surface area (Å²) in [5, 5.41) is 8.30. The lowest BCUT2D eigenvalue weighted by atomic mass is 10.2. The fourth-order valence-electron chi connectivity index (χ4n) is 2.32. The minimum atomic E-state index is -0.0399. The minimum Gasteiger partial charge on any atom is -0.408 e. The zero-order valence-electron chi connectivity index (χ0n) is 11.6. The quantitative estimate of drug-likeness (QED) is 0.849. The van der Waals surface area contributed by atoms with Gasteiger partial charge in [-0.1, -0.05) is 28.8 Å². The predicted molar refractivity (Wildman–Crippen MR) is 78.6 cm³/mol. The van der Waals surface area contributed by atoms with E-state index in [1.54, 1.807) is 24.0 Å². The van der Waals surface area contributed by atoms with Gasteiger partial charge in [0.1, 0.15) is 0 Å². The van der Waals surface area contributed by atoms with Crippen LogP contribution < -0.4 is 4.90 Å². The summed E-state index contributed by atoms with van der Waals surface area (Å²) < 4.78 is 5.40. The van der Waals surface area contributed by atoms with Crippen molar-refractivity contribution in [1.29, 1.82) is 0 Å². The van der Waals surface area contributed by atoms with Crippen molar-refractivity contribution in [2.75, 3.05) is 31.1 Å². The van der Waals surface area contributed by atoms with E-state index in [0.29, 0.717) is 48.7 Å². The number of piperazine rings is 1. The van der Waals surface area contributed by atoms with Gasteiger partial charge in [0, 0.05) is 33.1 Å². The molecule has 0 unspecified atom stereocenters. The van der Waals surface area contributed by atoms with Crippen LogP contribution in [0, 0.1) is 6.92 Å². The van der Waals surface area contributed by atoms with E-state index in [0.717, 1.165) is 0 Å². The van der Waals surface area contributed by atoms with Crippen molar-refractivity contribution in [1.82, 2.24) is 15.1 Å². The van der Waals surface area contributed by atoms with E-state index < -0.39 is 0 Å². The van der Waals surface area contributed by atoms with Crippen molar-refractivity contribution in [2.24, 2.45) is 0 Å². The van der Waals surface area contributed by atoms with E-state index in [9.17, 15) is 4.79 Å². The van der Waals surface area contributed by atoms with Gasteiger partial charge in [-0.25, -0.2) is 0 Å². The second kappa shape index (κ2) is 5.73. The molecule has 1 amide bonds. The summed E-state index contributed by atoms with van der Waals surface area (Å²) in [6.45, 7) is 4.29. The average molecular weight is 307 g/mol. The molecule has 1 aliphatic heterocycles. The highest BCUT2D eigenvalue weighted by Crippen LogP contribution is 2.19. The number of rotatable bonds is 2. The average Bonchev–Trinajstić information content (AvgIpc) is 2.94. The number of carbonyl (C=O) groups excluding carboxylic acids is 1. The molecule has 3 rings (SSSR count). The number of carbonyl (C=O) groups is 1. The van der Waals surface area contributed by atoms with Gasteiger partial charge in [0.25, 0.3) is 5.91 Å². The van der Waals surface area contributed by atoms with Crippen molar-refractivity contribution in [2.45, 2.75) is 6.92 Å². The van der Waals surface area contributed by atoms with Crippen molar-refractivity contribution in [3.05, 3.63) is 40.7 Å². The number of benzene rings is 1. The van der Waals surface area contributed by atoms with Crippen LogP contribution in [0.3, 0.4) is 0 Å². The lowest BCUT2D eigenvalue weighted by molar-refractivity contribution is 0.0745. The number of hydrogen-bond acceptors (Lipinski definition) is 5. The smallest absolute Gasteiger partial charge is 0.318 e. The van der Waals surface area contributed by atoms with Gasteiger partial charge in [0.15, 0.2) is 0 Å². The molecule has 0 aliphatic carbocycles. The summed E-state index contributed by atoms with van der Waals surface area (Å²) in [5.41, 5.74) is 0.543. The van der Waals surface area contributed by atoms with Crippen LogP contribution in [0.2, 0.25) is 5.02 Å². The van der Waals surface area contributed by atoms with E-state index in [4.69, 9.17) is 16.0 Å². The largest absolute Gasteiger partial charge is 0.408 e. The minimum absolute atomic E-state index is 0.0399. The molecule has 1 aliphatic rings. The first-order valence-electron chi connectivity index (χ1n) is 6.74. The molecule has 1 fully saturated rings. The molecule has 0 spiro atoms. The molecule has 0 radical (unpaired) electrons. The number of aryl methyl sites for hydroxylation is 1. The molecule has 6 nitrogen and oxygen atoms in total. The molecule has 0 N–H and O–H groups in total. The summed E-state index contributed by atoms with van der Waals surface area (Å²) in [5.74, 6) is 0.501. The lowest BCUT2D eigenvalue weighted by Gasteiger charge is -2.33. The Bertz CT molecular complexity index is 650. The van der Waals surface area contributed by atoms with Gasteiger partial charge >= 0.3 is 6.01 Å². The Hall–Kier alpha value is -2.08. The zero-order valence-corrected chi connectivity index (χ0v) is 12.4. The molecule has 7 heteroatoms. The number of nitrogens with zero attached hydrogens (tertiary/aromatic N) is 4. The maximum Gasteiger partial charge on any atom is 0.318 e. The summed E-state index contributed by atoms with van der Waals surface area (Å²) in [6.07, 6.45) is 0. The fourth-order valence-corrected chi connectivity index (χ4v) is 2.54. The molecular formula is C14H15ClN4O2. The third-order valence-corrected chi connectivity index (χ3v) is 3.79. The zero-order chi connectivity index (χ0) is 14.8. The first-order chi connectivity index (χ1) is 10.1. The molecule has 0 bridgehead atoms. The van der Waals surface area contributed by atoms with Gasteiger partial charge in [0.05, 0.1) is 10.6 Å². The highest BCUT2D eigenvalue weighted by Gasteiger charge is 2.25. The van der Waals surface area contributed by atoms with Gasteiger partial charge < -0.3 is 14.2 Å². The van der Waals surface area contributed by atoms with Crippen LogP contribution in [0.4, 0.5) is 6.01 Å². The molecule has 2 heterocycles. The Morgan fingerprint density at radius 1 is 1.19 bits per heavy atom. The van der Waals surface area contributed by atoms with Crippen molar-refractivity contribution in [3.63, 3.8) is 0 Å². The van der Waals surface area contributed by atoms with Gasteiger partial charge in [-0.15, -0.1) is 5.10 Å². The molecule has 1 aromatic heterocycles. The highest BCUT2D eigenvalue weighted by molar-refractivity contribution is 6.33. The fraction of sp³-hybridized carbons (Fsp3) is 0.357. The van der Waals surface area contributed by atoms with Crippen LogP contribution in [-0.4, -0.2) is 47.2 Å². The molecule has 2 aromatic rings. The molecule has 0 saturated carbocycles. The van der Waals surface area contributed by atoms with E-state index in [1.165, 1.54) is 0 Å². The molecular weight excluding hydrogens is 292 g/mol. The van der Waals surface area contributed by atoms with Gasteiger partial charge in [0.2, 0.25) is 5.89 Å². The number of amides is 1. The maximum absolute atomic E-state index is 12.4. The van der Waals surface area contributed by atoms with Crippen LogP contribution in [0.1, 0.15) is 16.2 Å². The third kappa shape index (κ3) is 2.85. The van der Waals surface area contributed by atoms with Gasteiger partial charge in [-0.2, -0.15) is 0 Å². The monoisotopic (exact) mass is 306 g/mol. The van der Waals surface area contributed by atoms with Crippen molar-refractivity contribution >= 4 is 23.5 Å². The number of aromatic nitrogens is 2. The van der Waals surface area contributed by atoms with E-state index in [2.05, 4.69) is 10.2 Å². The molecule has 1 aromatic carbocycles. The van der Waals surface area contributed by atoms with Crippen LogP contribution in [-0.2, 0) is 0 Å². The first-order valence-corrected chi connectivity index (χ1v) is 7.12. The normalized spacial score (nSPS) is 15.3. The first kappa shape index (κ1) is 13.9. The summed E-state index contributed by atoms with van der Waals surface area (Å²) in [7, 11) is 0.